The predicted molar refractivity (Wildman–Crippen MR) is 168 cm³/mol. The Labute approximate surface area is 258 Å². The fourth-order valence-corrected chi connectivity index (χ4v) is 5.50. The Bertz CT molecular complexity index is 1620. The molecule has 1 aliphatic heterocycles. The third kappa shape index (κ3) is 7.82. The van der Waals surface area contributed by atoms with Gasteiger partial charge in [0.2, 0.25) is 0 Å². The number of ether oxygens (including phenoxy) is 3. The van der Waals surface area contributed by atoms with E-state index in [1.165, 1.54) is 6.33 Å². The van der Waals surface area contributed by atoms with Crippen LogP contribution in [0.5, 0.6) is 11.5 Å². The van der Waals surface area contributed by atoms with E-state index in [4.69, 9.17) is 14.2 Å². The molecule has 0 aliphatic carbocycles. The fraction of sp³-hybridized carbons (Fsp3) is 0.182. The van der Waals surface area contributed by atoms with Crippen LogP contribution < -0.4 is 15.4 Å². The molecular weight excluding hydrogens is 578 g/mol. The van der Waals surface area contributed by atoms with E-state index in [2.05, 4.69) is 25.8 Å². The zero-order chi connectivity index (χ0) is 30.1. The van der Waals surface area contributed by atoms with Crippen LogP contribution in [0, 0.1) is 0 Å². The molecule has 1 aromatic heterocycles. The van der Waals surface area contributed by atoms with Gasteiger partial charge in [-0.2, -0.15) is 5.10 Å². The number of hydrogen-bond donors (Lipinski definition) is 4. The van der Waals surface area contributed by atoms with Crippen LogP contribution in [-0.4, -0.2) is 38.2 Å². The molecule has 5 aromatic rings. The number of thioether (sulfide) groups is 1. The minimum atomic E-state index is -0.605. The summed E-state index contributed by atoms with van der Waals surface area (Å²) in [6.07, 6.45) is 1.23. The maximum absolute atomic E-state index is 12.7. The molecular formula is C33H31N5O5S. The van der Waals surface area contributed by atoms with E-state index in [0.717, 1.165) is 27.6 Å². The molecule has 1 saturated heterocycles. The van der Waals surface area contributed by atoms with Gasteiger partial charge in [0.05, 0.1) is 18.8 Å². The van der Waals surface area contributed by atoms with Crippen molar-refractivity contribution in [2.45, 2.75) is 36.7 Å². The molecule has 44 heavy (non-hydrogen) atoms. The third-order valence-electron chi connectivity index (χ3n) is 6.95. The molecule has 3 atom stereocenters. The lowest BCUT2D eigenvalue weighted by molar-refractivity contribution is -0.245. The van der Waals surface area contributed by atoms with Crippen LogP contribution in [0.1, 0.15) is 35.5 Å². The summed E-state index contributed by atoms with van der Waals surface area (Å²) < 4.78 is 18.6. The summed E-state index contributed by atoms with van der Waals surface area (Å²) in [7, 11) is 0. The maximum Gasteiger partial charge on any atom is 0.323 e. The lowest BCUT2D eigenvalue weighted by Crippen LogP contribution is -2.31. The average molecular weight is 610 g/mol. The first kappa shape index (κ1) is 29.4. The number of aliphatic hydroxyl groups is 1. The van der Waals surface area contributed by atoms with Gasteiger partial charge in [-0.25, -0.2) is 9.78 Å². The van der Waals surface area contributed by atoms with Crippen molar-refractivity contribution in [2.75, 3.05) is 16.4 Å². The number of benzene rings is 4. The second kappa shape index (κ2) is 14.2. The van der Waals surface area contributed by atoms with Gasteiger partial charge in [0, 0.05) is 29.1 Å². The third-order valence-corrected chi connectivity index (χ3v) is 7.95. The molecule has 2 amide bonds. The van der Waals surface area contributed by atoms with Crippen LogP contribution in [0.25, 0.3) is 0 Å². The maximum atomic E-state index is 12.7. The van der Waals surface area contributed by atoms with Crippen LogP contribution in [0.15, 0.2) is 115 Å². The molecule has 4 aromatic carbocycles. The first-order valence-electron chi connectivity index (χ1n) is 14.1. The summed E-state index contributed by atoms with van der Waals surface area (Å²) in [4.78, 5) is 16.9. The molecule has 0 bridgehead atoms. The fourth-order valence-electron chi connectivity index (χ4n) is 4.71. The SMILES string of the molecule is O=C(Nc1ccc(Oc2ccccc2)cc1)Nc1ccc([C@@H]2O[C@H](CSc3ncn[nH]3)C[C@H](c3ccc(CO)cc3)O2)cc1. The highest BCUT2D eigenvalue weighted by atomic mass is 32.2. The van der Waals surface area contributed by atoms with Crippen molar-refractivity contribution >= 4 is 29.2 Å². The zero-order valence-corrected chi connectivity index (χ0v) is 24.4. The van der Waals surface area contributed by atoms with Gasteiger partial charge in [-0.1, -0.05) is 66.4 Å². The number of amides is 2. The number of para-hydroxylation sites is 1. The van der Waals surface area contributed by atoms with Crippen molar-refractivity contribution < 1.29 is 24.1 Å². The minimum absolute atomic E-state index is 0.0115. The number of carbonyl (C=O) groups excluding carboxylic acids is 1. The first-order valence-corrected chi connectivity index (χ1v) is 15.1. The molecule has 10 nitrogen and oxygen atoms in total. The molecule has 224 valence electrons. The molecule has 1 aliphatic rings. The number of rotatable bonds is 10. The number of nitrogens with one attached hydrogen (secondary N) is 3. The van der Waals surface area contributed by atoms with Crippen LogP contribution in [0.4, 0.5) is 16.2 Å². The molecule has 6 rings (SSSR count). The largest absolute Gasteiger partial charge is 0.457 e. The number of aromatic nitrogens is 3. The van der Waals surface area contributed by atoms with Crippen molar-refractivity contribution in [3.05, 3.63) is 126 Å². The lowest BCUT2D eigenvalue weighted by Gasteiger charge is -2.36. The van der Waals surface area contributed by atoms with Crippen molar-refractivity contribution in [1.82, 2.24) is 15.2 Å². The topological polar surface area (TPSA) is 131 Å². The molecule has 0 spiro atoms. The standard InChI is InChI=1S/C33H31N5O5S/c39-19-22-6-8-23(9-7-22)30-18-29(20-44-33-34-21-35-38-33)42-31(43-30)24-10-12-25(13-11-24)36-32(40)37-26-14-16-28(17-15-26)41-27-4-2-1-3-5-27/h1-17,21,29-31,39H,18-20H2,(H,34,35,38)(H2,36,37,40)/t29-,30+,31+/m0/s1. The van der Waals surface area contributed by atoms with Crippen LogP contribution in [0.2, 0.25) is 0 Å². The second-order valence-corrected chi connectivity index (χ2v) is 11.1. The number of aliphatic hydroxyl groups excluding tert-OH is 1. The summed E-state index contributed by atoms with van der Waals surface area (Å²) in [5, 5.41) is 22.6. The zero-order valence-electron chi connectivity index (χ0n) is 23.6. The molecule has 4 N–H and O–H groups in total. The Morgan fingerprint density at radius 3 is 2.18 bits per heavy atom. The lowest BCUT2D eigenvalue weighted by atomic mass is 10.0. The van der Waals surface area contributed by atoms with Gasteiger partial charge in [-0.3, -0.25) is 5.10 Å². The van der Waals surface area contributed by atoms with Gasteiger partial charge in [-0.15, -0.1) is 0 Å². The summed E-state index contributed by atoms with van der Waals surface area (Å²) in [6, 6.07) is 31.5. The van der Waals surface area contributed by atoms with E-state index in [9.17, 15) is 9.90 Å². The number of anilines is 2. The Morgan fingerprint density at radius 2 is 1.52 bits per heavy atom. The molecule has 0 radical (unpaired) electrons. The van der Waals surface area contributed by atoms with E-state index >= 15 is 0 Å². The molecule has 0 unspecified atom stereocenters. The number of hydrogen-bond acceptors (Lipinski definition) is 8. The Morgan fingerprint density at radius 1 is 0.864 bits per heavy atom. The van der Waals surface area contributed by atoms with Crippen molar-refractivity contribution in [2.24, 2.45) is 0 Å². The molecule has 11 heteroatoms. The molecule has 0 saturated carbocycles. The highest BCUT2D eigenvalue weighted by Crippen LogP contribution is 2.39. The van der Waals surface area contributed by atoms with Crippen LogP contribution in [0.3, 0.4) is 0 Å². The van der Waals surface area contributed by atoms with Gasteiger partial charge in [0.15, 0.2) is 11.4 Å². The Hall–Kier alpha value is -4.68. The number of nitrogens with zero attached hydrogens (tertiary/aromatic N) is 2. The highest BCUT2D eigenvalue weighted by molar-refractivity contribution is 7.99. The summed E-state index contributed by atoms with van der Waals surface area (Å²) in [6.45, 7) is -0.0115. The average Bonchev–Trinajstić information content (AvgIpc) is 3.59. The van der Waals surface area contributed by atoms with Gasteiger partial charge in [0.25, 0.3) is 0 Å². The van der Waals surface area contributed by atoms with Crippen molar-refractivity contribution in [3.63, 3.8) is 0 Å². The van der Waals surface area contributed by atoms with Crippen LogP contribution >= 0.6 is 11.8 Å². The Kier molecular flexibility index (Phi) is 9.48. The molecule has 2 heterocycles. The van der Waals surface area contributed by atoms with E-state index in [1.54, 1.807) is 36.0 Å². The van der Waals surface area contributed by atoms with Crippen LogP contribution in [-0.2, 0) is 16.1 Å². The minimum Gasteiger partial charge on any atom is -0.457 e. The van der Waals surface area contributed by atoms with Gasteiger partial charge in [0.1, 0.15) is 17.8 Å². The number of H-pyrrole nitrogens is 1. The van der Waals surface area contributed by atoms with E-state index in [-0.39, 0.29) is 24.8 Å². The van der Waals surface area contributed by atoms with E-state index in [0.29, 0.717) is 29.3 Å². The molecule has 1 fully saturated rings. The highest BCUT2D eigenvalue weighted by Gasteiger charge is 2.32. The number of aromatic amines is 1. The normalized spacial score (nSPS) is 18.0. The monoisotopic (exact) mass is 609 g/mol. The van der Waals surface area contributed by atoms with E-state index < -0.39 is 6.29 Å². The first-order chi connectivity index (χ1) is 21.6. The summed E-state index contributed by atoms with van der Waals surface area (Å²) in [5.41, 5.74) is 3.95. The quantitative estimate of drug-likeness (QED) is 0.124. The van der Waals surface area contributed by atoms with Gasteiger partial charge in [-0.05, 0) is 59.7 Å². The summed E-state index contributed by atoms with van der Waals surface area (Å²) in [5.74, 6) is 2.08. The van der Waals surface area contributed by atoms with Crippen molar-refractivity contribution in [1.29, 1.82) is 0 Å². The van der Waals surface area contributed by atoms with Gasteiger partial charge >= 0.3 is 6.03 Å². The van der Waals surface area contributed by atoms with Gasteiger partial charge < -0.3 is 30.0 Å². The van der Waals surface area contributed by atoms with E-state index in [1.807, 2.05) is 78.9 Å². The predicted octanol–water partition coefficient (Wildman–Crippen LogP) is 7.07. The van der Waals surface area contributed by atoms with Crippen molar-refractivity contribution in [3.8, 4) is 11.5 Å². The number of carbonyl (C=O) groups is 1. The summed E-state index contributed by atoms with van der Waals surface area (Å²) >= 11 is 1.54. The smallest absolute Gasteiger partial charge is 0.323 e. The second-order valence-electron chi connectivity index (χ2n) is 10.1. The Balaban J connectivity index is 1.07. The number of urea groups is 1.